The number of benzene rings is 2. The molecule has 0 radical (unpaired) electrons. The summed E-state index contributed by atoms with van der Waals surface area (Å²) in [4.78, 5) is 27.2. The normalized spacial score (nSPS) is 17.5. The number of carbonyl (C=O) groups is 2. The summed E-state index contributed by atoms with van der Waals surface area (Å²) in [5.41, 5.74) is 3.91. The van der Waals surface area contributed by atoms with Gasteiger partial charge in [-0.25, -0.2) is 8.42 Å². The molecule has 164 valence electrons. The quantitative estimate of drug-likeness (QED) is 0.781. The van der Waals surface area contributed by atoms with Crippen molar-refractivity contribution in [3.8, 4) is 0 Å². The summed E-state index contributed by atoms with van der Waals surface area (Å²) in [5, 5.41) is 2.89. The van der Waals surface area contributed by atoms with Gasteiger partial charge in [-0.05, 0) is 74.1 Å². The number of rotatable bonds is 4. The van der Waals surface area contributed by atoms with Gasteiger partial charge >= 0.3 is 0 Å². The van der Waals surface area contributed by atoms with Crippen molar-refractivity contribution in [2.45, 2.75) is 62.5 Å². The molecule has 0 bridgehead atoms. The third-order valence-electron chi connectivity index (χ3n) is 6.59. The lowest BCUT2D eigenvalue weighted by Crippen LogP contribution is -2.47. The van der Waals surface area contributed by atoms with Gasteiger partial charge in [0.15, 0.2) is 14.6 Å². The van der Waals surface area contributed by atoms with E-state index >= 15 is 0 Å². The predicted octanol–water partition coefficient (Wildman–Crippen LogP) is 3.94. The molecule has 1 heterocycles. The van der Waals surface area contributed by atoms with E-state index in [1.807, 2.05) is 25.1 Å². The van der Waals surface area contributed by atoms with E-state index in [0.717, 1.165) is 16.8 Å². The monoisotopic (exact) mass is 440 g/mol. The Kier molecular flexibility index (Phi) is 5.41. The highest BCUT2D eigenvalue weighted by Crippen LogP contribution is 2.42. The van der Waals surface area contributed by atoms with Gasteiger partial charge in [-0.15, -0.1) is 0 Å². The molecule has 0 aromatic heterocycles. The molecule has 0 unspecified atom stereocenters. The van der Waals surface area contributed by atoms with E-state index in [-0.39, 0.29) is 10.8 Å². The fourth-order valence-corrected chi connectivity index (χ4v) is 7.20. The van der Waals surface area contributed by atoms with Crippen LogP contribution in [-0.2, 0) is 25.8 Å². The van der Waals surface area contributed by atoms with Crippen molar-refractivity contribution in [3.63, 3.8) is 0 Å². The third-order valence-corrected chi connectivity index (χ3v) is 9.23. The molecule has 1 fully saturated rings. The standard InChI is InChI=1S/C24H28N2O4S/c1-16-6-7-17(2)22(14-16)31(29,30)24(11-4-5-12-24)23(28)25-20-8-9-21-19(15-20)10-13-26(21)18(3)27/h6-9,14-15H,4-5,10-13H2,1-3H3,(H,25,28). The van der Waals surface area contributed by atoms with Crippen LogP contribution in [0.1, 0.15) is 49.3 Å². The number of amides is 2. The second-order valence-corrected chi connectivity index (χ2v) is 10.9. The van der Waals surface area contributed by atoms with Crippen LogP contribution in [0.4, 0.5) is 11.4 Å². The first-order valence-electron chi connectivity index (χ1n) is 10.7. The molecule has 0 saturated heterocycles. The first-order valence-corrected chi connectivity index (χ1v) is 12.2. The molecule has 2 amide bonds. The van der Waals surface area contributed by atoms with Gasteiger partial charge in [-0.3, -0.25) is 9.59 Å². The number of hydrogen-bond donors (Lipinski definition) is 1. The molecule has 2 aromatic carbocycles. The van der Waals surface area contributed by atoms with Gasteiger partial charge in [0, 0.05) is 24.8 Å². The predicted molar refractivity (Wildman–Crippen MR) is 121 cm³/mol. The third kappa shape index (κ3) is 3.55. The molecule has 1 saturated carbocycles. The Hall–Kier alpha value is -2.67. The first kappa shape index (κ1) is 21.6. The van der Waals surface area contributed by atoms with E-state index in [0.29, 0.717) is 49.9 Å². The number of nitrogens with zero attached hydrogens (tertiary/aromatic N) is 1. The van der Waals surface area contributed by atoms with E-state index in [2.05, 4.69) is 5.32 Å². The highest BCUT2D eigenvalue weighted by molar-refractivity contribution is 7.93. The molecule has 31 heavy (non-hydrogen) atoms. The molecule has 4 rings (SSSR count). The summed E-state index contributed by atoms with van der Waals surface area (Å²) in [6, 6.07) is 10.8. The Labute approximate surface area is 183 Å². The van der Waals surface area contributed by atoms with E-state index < -0.39 is 20.5 Å². The van der Waals surface area contributed by atoms with Crippen LogP contribution in [0.5, 0.6) is 0 Å². The van der Waals surface area contributed by atoms with Crippen molar-refractivity contribution < 1.29 is 18.0 Å². The van der Waals surface area contributed by atoms with Crippen LogP contribution in [-0.4, -0.2) is 31.5 Å². The SMILES string of the molecule is CC(=O)N1CCc2cc(NC(=O)C3(S(=O)(=O)c4cc(C)ccc4C)CCCC3)ccc21. The maximum Gasteiger partial charge on any atom is 0.246 e. The maximum absolute atomic E-state index is 13.8. The molecule has 0 spiro atoms. The van der Waals surface area contributed by atoms with Gasteiger partial charge in [0.2, 0.25) is 11.8 Å². The van der Waals surface area contributed by atoms with Crippen LogP contribution >= 0.6 is 0 Å². The van der Waals surface area contributed by atoms with Crippen LogP contribution in [0, 0.1) is 13.8 Å². The summed E-state index contributed by atoms with van der Waals surface area (Å²) < 4.78 is 26.1. The smallest absolute Gasteiger partial charge is 0.246 e. The highest BCUT2D eigenvalue weighted by Gasteiger charge is 2.53. The lowest BCUT2D eigenvalue weighted by molar-refractivity contribution is -0.118. The lowest BCUT2D eigenvalue weighted by atomic mass is 10.1. The minimum absolute atomic E-state index is 0.0138. The molecule has 2 aliphatic rings. The van der Waals surface area contributed by atoms with E-state index in [1.54, 1.807) is 30.0 Å². The van der Waals surface area contributed by atoms with Gasteiger partial charge in [0.05, 0.1) is 4.90 Å². The van der Waals surface area contributed by atoms with Gasteiger partial charge in [0.1, 0.15) is 0 Å². The number of sulfone groups is 1. The maximum atomic E-state index is 13.8. The average molecular weight is 441 g/mol. The number of anilines is 2. The number of aryl methyl sites for hydroxylation is 2. The van der Waals surface area contributed by atoms with Crippen LogP contribution in [0.2, 0.25) is 0 Å². The first-order chi connectivity index (χ1) is 14.7. The zero-order valence-corrected chi connectivity index (χ0v) is 19.0. The van der Waals surface area contributed by atoms with Gasteiger partial charge in [0.25, 0.3) is 0 Å². The Bertz CT molecular complexity index is 1160. The Balaban J connectivity index is 1.67. The van der Waals surface area contributed by atoms with E-state index in [4.69, 9.17) is 0 Å². The van der Waals surface area contributed by atoms with Crippen LogP contribution in [0.25, 0.3) is 0 Å². The molecule has 1 aliphatic heterocycles. The van der Waals surface area contributed by atoms with Crippen LogP contribution in [0.15, 0.2) is 41.3 Å². The van der Waals surface area contributed by atoms with Crippen LogP contribution in [0.3, 0.4) is 0 Å². The van der Waals surface area contributed by atoms with E-state index in [1.165, 1.54) is 6.92 Å². The van der Waals surface area contributed by atoms with Crippen molar-refractivity contribution in [1.82, 2.24) is 0 Å². The number of carbonyl (C=O) groups excluding carboxylic acids is 2. The summed E-state index contributed by atoms with van der Waals surface area (Å²) in [5.74, 6) is -0.479. The topological polar surface area (TPSA) is 83.6 Å². The number of nitrogens with one attached hydrogen (secondary N) is 1. The summed E-state index contributed by atoms with van der Waals surface area (Å²) in [6.07, 6.45) is 2.75. The second kappa shape index (κ2) is 7.79. The second-order valence-electron chi connectivity index (χ2n) is 8.69. The van der Waals surface area contributed by atoms with Crippen molar-refractivity contribution in [2.24, 2.45) is 0 Å². The Morgan fingerprint density at radius 3 is 2.42 bits per heavy atom. The minimum Gasteiger partial charge on any atom is -0.325 e. The molecule has 2 aromatic rings. The Morgan fingerprint density at radius 1 is 1.03 bits per heavy atom. The zero-order chi connectivity index (χ0) is 22.4. The lowest BCUT2D eigenvalue weighted by Gasteiger charge is -2.28. The molecule has 6 nitrogen and oxygen atoms in total. The molecule has 0 atom stereocenters. The fourth-order valence-electron chi connectivity index (χ4n) is 4.82. The van der Waals surface area contributed by atoms with Crippen LogP contribution < -0.4 is 10.2 Å². The van der Waals surface area contributed by atoms with Gasteiger partial charge in [-0.1, -0.05) is 25.0 Å². The molecular formula is C24H28N2O4S. The highest BCUT2D eigenvalue weighted by atomic mass is 32.2. The van der Waals surface area contributed by atoms with Gasteiger partial charge in [-0.2, -0.15) is 0 Å². The zero-order valence-electron chi connectivity index (χ0n) is 18.2. The van der Waals surface area contributed by atoms with Crippen molar-refractivity contribution in [1.29, 1.82) is 0 Å². The van der Waals surface area contributed by atoms with Crippen molar-refractivity contribution in [2.75, 3.05) is 16.8 Å². The van der Waals surface area contributed by atoms with Gasteiger partial charge < -0.3 is 10.2 Å². The average Bonchev–Trinajstić information content (AvgIpc) is 3.37. The number of fused-ring (bicyclic) bond motifs is 1. The fraction of sp³-hybridized carbons (Fsp3) is 0.417. The Morgan fingerprint density at radius 2 is 1.74 bits per heavy atom. The summed E-state index contributed by atoms with van der Waals surface area (Å²) in [7, 11) is -3.87. The van der Waals surface area contributed by atoms with Crippen molar-refractivity contribution in [3.05, 3.63) is 53.1 Å². The summed E-state index contributed by atoms with van der Waals surface area (Å²) >= 11 is 0. The molecular weight excluding hydrogens is 412 g/mol. The molecule has 7 heteroatoms. The number of hydrogen-bond acceptors (Lipinski definition) is 4. The molecule has 1 aliphatic carbocycles. The minimum atomic E-state index is -3.87. The molecule has 1 N–H and O–H groups in total. The van der Waals surface area contributed by atoms with E-state index in [9.17, 15) is 18.0 Å². The van der Waals surface area contributed by atoms with Crippen molar-refractivity contribution >= 4 is 33.0 Å². The largest absolute Gasteiger partial charge is 0.325 e. The summed E-state index contributed by atoms with van der Waals surface area (Å²) in [6.45, 7) is 5.78.